The first-order valence-corrected chi connectivity index (χ1v) is 8.33. The van der Waals surface area contributed by atoms with Crippen molar-refractivity contribution in [3.05, 3.63) is 42.1 Å². The van der Waals surface area contributed by atoms with Crippen molar-refractivity contribution >= 4 is 44.5 Å². The molecular weight excluding hydrogens is 290 g/mol. The predicted octanol–water partition coefficient (Wildman–Crippen LogP) is 4.42. The summed E-state index contributed by atoms with van der Waals surface area (Å²) in [5.74, 6) is 0. The van der Waals surface area contributed by atoms with Crippen LogP contribution in [0.4, 0.5) is 0 Å². The van der Waals surface area contributed by atoms with Gasteiger partial charge in [-0.15, -0.1) is 11.8 Å². The summed E-state index contributed by atoms with van der Waals surface area (Å²) in [6.45, 7) is 0. The molecule has 2 heterocycles. The maximum Gasteiger partial charge on any atom is 0.101 e. The van der Waals surface area contributed by atoms with Crippen LogP contribution in [0.1, 0.15) is 5.56 Å². The van der Waals surface area contributed by atoms with Crippen LogP contribution in [-0.2, 0) is 14.1 Å². The predicted molar refractivity (Wildman–Crippen MR) is 93.4 cm³/mol. The Morgan fingerprint density at radius 1 is 1.05 bits per heavy atom. The Morgan fingerprint density at radius 2 is 1.82 bits per heavy atom. The molecule has 2 aromatic heterocycles. The molecule has 0 atom stereocenters. The van der Waals surface area contributed by atoms with E-state index >= 15 is 0 Å². The molecule has 22 heavy (non-hydrogen) atoms. The Labute approximate surface area is 132 Å². The van der Waals surface area contributed by atoms with E-state index in [0.717, 1.165) is 37.8 Å². The number of nitrogens with zero attached hydrogens (tertiary/aromatic N) is 3. The maximum absolute atomic E-state index is 9.82. The largest absolute Gasteiger partial charge is 0.350 e. The maximum atomic E-state index is 9.82. The zero-order valence-corrected chi connectivity index (χ0v) is 13.5. The molecule has 0 fully saturated rings. The first-order valence-electron chi connectivity index (χ1n) is 7.11. The SMILES string of the molecule is CSc1c(C#N)c2c3ccccc3n(C)c2c2ccn(C)c12. The van der Waals surface area contributed by atoms with E-state index < -0.39 is 0 Å². The Bertz CT molecular complexity index is 1090. The first-order chi connectivity index (χ1) is 10.7. The number of hydrogen-bond donors (Lipinski definition) is 0. The summed E-state index contributed by atoms with van der Waals surface area (Å²) in [6, 6.07) is 12.9. The minimum absolute atomic E-state index is 0.786. The molecular formula is C18H15N3S. The smallest absolute Gasteiger partial charge is 0.101 e. The summed E-state index contributed by atoms with van der Waals surface area (Å²) in [5.41, 5.74) is 4.24. The number of thioether (sulfide) groups is 1. The molecule has 0 radical (unpaired) electrons. The van der Waals surface area contributed by atoms with Gasteiger partial charge in [0.15, 0.2) is 0 Å². The molecule has 3 nitrogen and oxygen atoms in total. The van der Waals surface area contributed by atoms with Gasteiger partial charge in [-0.2, -0.15) is 5.26 Å². The minimum Gasteiger partial charge on any atom is -0.350 e. The third-order valence-electron chi connectivity index (χ3n) is 4.44. The van der Waals surface area contributed by atoms with Gasteiger partial charge in [0.25, 0.3) is 0 Å². The topological polar surface area (TPSA) is 33.6 Å². The van der Waals surface area contributed by atoms with Crippen molar-refractivity contribution in [2.24, 2.45) is 14.1 Å². The van der Waals surface area contributed by atoms with Crippen LogP contribution < -0.4 is 0 Å². The van der Waals surface area contributed by atoms with Gasteiger partial charge in [0.2, 0.25) is 0 Å². The molecule has 0 aliphatic carbocycles. The Morgan fingerprint density at radius 3 is 2.55 bits per heavy atom. The fourth-order valence-electron chi connectivity index (χ4n) is 3.50. The highest BCUT2D eigenvalue weighted by molar-refractivity contribution is 7.98. The molecule has 4 heteroatoms. The van der Waals surface area contributed by atoms with Gasteiger partial charge in [-0.05, 0) is 18.4 Å². The Kier molecular flexibility index (Phi) is 2.75. The van der Waals surface area contributed by atoms with Crippen molar-refractivity contribution in [2.45, 2.75) is 4.90 Å². The van der Waals surface area contributed by atoms with Crippen LogP contribution in [0.2, 0.25) is 0 Å². The second-order valence-corrected chi connectivity index (χ2v) is 6.33. The van der Waals surface area contributed by atoms with Crippen molar-refractivity contribution < 1.29 is 0 Å². The number of benzene rings is 2. The van der Waals surface area contributed by atoms with E-state index in [0.29, 0.717) is 0 Å². The highest BCUT2D eigenvalue weighted by Crippen LogP contribution is 2.41. The number of aryl methyl sites for hydroxylation is 2. The van der Waals surface area contributed by atoms with Gasteiger partial charge in [-0.3, -0.25) is 0 Å². The monoisotopic (exact) mass is 305 g/mol. The Hall–Kier alpha value is -2.38. The first kappa shape index (κ1) is 13.3. The lowest BCUT2D eigenvalue weighted by Gasteiger charge is -2.09. The quantitative estimate of drug-likeness (QED) is 0.488. The van der Waals surface area contributed by atoms with Crippen molar-refractivity contribution in [1.82, 2.24) is 9.13 Å². The van der Waals surface area contributed by atoms with Crippen molar-refractivity contribution in [3.63, 3.8) is 0 Å². The second kappa shape index (κ2) is 4.56. The van der Waals surface area contributed by atoms with Crippen LogP contribution in [-0.4, -0.2) is 15.4 Å². The van der Waals surface area contributed by atoms with Crippen LogP contribution in [0, 0.1) is 11.3 Å². The lowest BCUT2D eigenvalue weighted by molar-refractivity contribution is 0.957. The Balaban J connectivity index is 2.46. The van der Waals surface area contributed by atoms with E-state index in [-0.39, 0.29) is 0 Å². The summed E-state index contributed by atoms with van der Waals surface area (Å²) in [7, 11) is 4.12. The number of fused-ring (bicyclic) bond motifs is 5. The number of para-hydroxylation sites is 1. The van der Waals surface area contributed by atoms with Crippen LogP contribution in [0.25, 0.3) is 32.7 Å². The summed E-state index contributed by atoms with van der Waals surface area (Å²) < 4.78 is 4.32. The van der Waals surface area contributed by atoms with E-state index in [4.69, 9.17) is 0 Å². The summed E-state index contributed by atoms with van der Waals surface area (Å²) in [6.07, 6.45) is 4.11. The normalized spacial score (nSPS) is 11.5. The molecule has 4 aromatic rings. The van der Waals surface area contributed by atoms with Gasteiger partial charge < -0.3 is 9.13 Å². The zero-order valence-electron chi connectivity index (χ0n) is 12.7. The lowest BCUT2D eigenvalue weighted by atomic mass is 10.0. The van der Waals surface area contributed by atoms with E-state index in [1.54, 1.807) is 11.8 Å². The van der Waals surface area contributed by atoms with Crippen molar-refractivity contribution in [2.75, 3.05) is 6.26 Å². The van der Waals surface area contributed by atoms with Crippen molar-refractivity contribution in [1.29, 1.82) is 5.26 Å². The molecule has 0 saturated heterocycles. The van der Waals surface area contributed by atoms with Gasteiger partial charge in [-0.25, -0.2) is 0 Å². The molecule has 0 spiro atoms. The molecule has 0 N–H and O–H groups in total. The third-order valence-corrected chi connectivity index (χ3v) is 5.25. The lowest BCUT2D eigenvalue weighted by Crippen LogP contribution is -1.94. The van der Waals surface area contributed by atoms with Crippen LogP contribution in [0.15, 0.2) is 41.4 Å². The second-order valence-electron chi connectivity index (χ2n) is 5.51. The standard InChI is InChI=1S/C18H15N3S/c1-20-9-8-12-16-15(13(10-19)18(22-3)17(12)20)11-6-4-5-7-14(11)21(16)2/h4-9H,1-3H3. The van der Waals surface area contributed by atoms with Crippen LogP contribution in [0.3, 0.4) is 0 Å². The average molecular weight is 305 g/mol. The fraction of sp³-hybridized carbons (Fsp3) is 0.167. The zero-order chi connectivity index (χ0) is 15.4. The van der Waals surface area contributed by atoms with Crippen molar-refractivity contribution in [3.8, 4) is 6.07 Å². The number of aromatic nitrogens is 2. The van der Waals surface area contributed by atoms with E-state index in [2.05, 4.69) is 46.6 Å². The third kappa shape index (κ3) is 1.47. The molecule has 0 unspecified atom stereocenters. The highest BCUT2D eigenvalue weighted by Gasteiger charge is 2.21. The van der Waals surface area contributed by atoms with E-state index in [1.165, 1.54) is 5.39 Å². The van der Waals surface area contributed by atoms with Gasteiger partial charge in [0, 0.05) is 46.9 Å². The number of nitriles is 1. The number of hydrogen-bond acceptors (Lipinski definition) is 2. The van der Waals surface area contributed by atoms with E-state index in [9.17, 15) is 5.26 Å². The van der Waals surface area contributed by atoms with Crippen LogP contribution >= 0.6 is 11.8 Å². The highest BCUT2D eigenvalue weighted by atomic mass is 32.2. The molecule has 0 bridgehead atoms. The molecule has 0 aliphatic rings. The fourth-order valence-corrected chi connectivity index (χ4v) is 4.30. The number of rotatable bonds is 1. The van der Waals surface area contributed by atoms with Gasteiger partial charge in [-0.1, -0.05) is 18.2 Å². The molecule has 2 aromatic carbocycles. The molecule has 4 rings (SSSR count). The molecule has 0 amide bonds. The molecule has 0 aliphatic heterocycles. The molecule has 0 saturated carbocycles. The van der Waals surface area contributed by atoms with Gasteiger partial charge in [0.1, 0.15) is 6.07 Å². The summed E-state index contributed by atoms with van der Waals surface area (Å²) in [5, 5.41) is 13.3. The van der Waals surface area contributed by atoms with Gasteiger partial charge in [0.05, 0.1) is 16.6 Å². The summed E-state index contributed by atoms with van der Waals surface area (Å²) >= 11 is 1.65. The van der Waals surface area contributed by atoms with Crippen LogP contribution in [0.5, 0.6) is 0 Å². The van der Waals surface area contributed by atoms with E-state index in [1.807, 2.05) is 25.4 Å². The molecule has 108 valence electrons. The minimum atomic E-state index is 0.786. The summed E-state index contributed by atoms with van der Waals surface area (Å²) in [4.78, 5) is 1.06. The van der Waals surface area contributed by atoms with Gasteiger partial charge >= 0.3 is 0 Å². The average Bonchev–Trinajstić information content (AvgIpc) is 3.06.